The van der Waals surface area contributed by atoms with Crippen LogP contribution in [0.3, 0.4) is 0 Å². The first kappa shape index (κ1) is 14.6. The number of pyridine rings is 1. The molecule has 4 rings (SSSR count). The van der Waals surface area contributed by atoms with Crippen molar-refractivity contribution in [2.45, 2.75) is 6.54 Å². The van der Waals surface area contributed by atoms with Gasteiger partial charge in [-0.25, -0.2) is 4.98 Å². The summed E-state index contributed by atoms with van der Waals surface area (Å²) in [5.41, 5.74) is 2.89. The van der Waals surface area contributed by atoms with Gasteiger partial charge in [-0.05, 0) is 35.9 Å². The van der Waals surface area contributed by atoms with Crippen molar-refractivity contribution in [3.8, 4) is 10.6 Å². The van der Waals surface area contributed by atoms with Crippen molar-refractivity contribution in [2.24, 2.45) is 7.05 Å². The quantitative estimate of drug-likeness (QED) is 0.623. The lowest BCUT2D eigenvalue weighted by molar-refractivity contribution is 0.0955. The van der Waals surface area contributed by atoms with E-state index in [1.165, 1.54) is 11.3 Å². The fourth-order valence-corrected chi connectivity index (χ4v) is 3.52. The van der Waals surface area contributed by atoms with Crippen molar-refractivity contribution >= 4 is 22.9 Å². The number of aryl methyl sites for hydroxylation is 1. The van der Waals surface area contributed by atoms with E-state index < -0.39 is 0 Å². The highest BCUT2D eigenvalue weighted by Crippen LogP contribution is 2.27. The molecule has 4 aromatic heterocycles. The first-order chi connectivity index (χ1) is 11.7. The number of thiophene rings is 1. The Balaban J connectivity index is 1.46. The van der Waals surface area contributed by atoms with Gasteiger partial charge in [-0.1, -0.05) is 0 Å². The number of rotatable bonds is 4. The lowest BCUT2D eigenvalue weighted by Gasteiger charge is -2.04. The van der Waals surface area contributed by atoms with Crippen molar-refractivity contribution in [1.82, 2.24) is 24.5 Å². The summed E-state index contributed by atoms with van der Waals surface area (Å²) in [6, 6.07) is 9.68. The van der Waals surface area contributed by atoms with Gasteiger partial charge in [0.1, 0.15) is 5.65 Å². The average molecular weight is 337 g/mol. The third-order valence-corrected chi connectivity index (χ3v) is 4.93. The van der Waals surface area contributed by atoms with Gasteiger partial charge in [-0.15, -0.1) is 11.3 Å². The molecule has 4 aromatic rings. The van der Waals surface area contributed by atoms with Gasteiger partial charge in [-0.3, -0.25) is 9.48 Å². The Hall–Kier alpha value is -2.93. The van der Waals surface area contributed by atoms with Crippen LogP contribution in [0, 0.1) is 0 Å². The van der Waals surface area contributed by atoms with Gasteiger partial charge in [0.15, 0.2) is 0 Å². The molecule has 0 radical (unpaired) electrons. The number of nitrogens with zero attached hydrogens (tertiary/aromatic N) is 4. The number of nitrogens with one attached hydrogen (secondary N) is 1. The van der Waals surface area contributed by atoms with Crippen molar-refractivity contribution in [2.75, 3.05) is 0 Å². The Morgan fingerprint density at radius 2 is 2.12 bits per heavy atom. The highest BCUT2D eigenvalue weighted by Gasteiger charge is 2.12. The van der Waals surface area contributed by atoms with Gasteiger partial charge in [0.05, 0.1) is 15.4 Å². The second-order valence-corrected chi connectivity index (χ2v) is 6.50. The number of hydrogen-bond acceptors (Lipinski definition) is 4. The van der Waals surface area contributed by atoms with Crippen LogP contribution in [0.1, 0.15) is 15.2 Å². The third kappa shape index (κ3) is 2.69. The van der Waals surface area contributed by atoms with E-state index in [-0.39, 0.29) is 5.91 Å². The zero-order valence-electron chi connectivity index (χ0n) is 13.0. The highest BCUT2D eigenvalue weighted by atomic mass is 32.1. The molecule has 0 aliphatic heterocycles. The Bertz CT molecular complexity index is 1010. The number of imidazole rings is 1. The smallest absolute Gasteiger partial charge is 0.261 e. The molecule has 0 saturated carbocycles. The molecular formula is C17H15N5OS. The largest absolute Gasteiger partial charge is 0.347 e. The van der Waals surface area contributed by atoms with E-state index in [0.717, 1.165) is 21.8 Å². The highest BCUT2D eigenvalue weighted by molar-refractivity contribution is 7.17. The molecule has 0 spiro atoms. The second kappa shape index (κ2) is 5.93. The van der Waals surface area contributed by atoms with Gasteiger partial charge in [0.25, 0.3) is 5.91 Å². The number of hydrogen-bond donors (Lipinski definition) is 1. The van der Waals surface area contributed by atoms with E-state index in [0.29, 0.717) is 11.4 Å². The summed E-state index contributed by atoms with van der Waals surface area (Å²) in [5, 5.41) is 7.12. The van der Waals surface area contributed by atoms with Crippen LogP contribution < -0.4 is 5.32 Å². The monoisotopic (exact) mass is 337 g/mol. The zero-order valence-corrected chi connectivity index (χ0v) is 13.8. The SMILES string of the molecule is Cn1nccc1-c1ccc(C(=O)NCc2ccn3ccnc3c2)s1. The predicted molar refractivity (Wildman–Crippen MR) is 92.9 cm³/mol. The molecule has 0 aliphatic carbocycles. The minimum atomic E-state index is -0.0726. The summed E-state index contributed by atoms with van der Waals surface area (Å²) in [4.78, 5) is 18.3. The summed E-state index contributed by atoms with van der Waals surface area (Å²) in [5.74, 6) is -0.0726. The zero-order chi connectivity index (χ0) is 16.5. The van der Waals surface area contributed by atoms with E-state index in [9.17, 15) is 4.79 Å². The first-order valence-electron chi connectivity index (χ1n) is 7.49. The lowest BCUT2D eigenvalue weighted by atomic mass is 10.2. The van der Waals surface area contributed by atoms with Crippen LogP contribution >= 0.6 is 11.3 Å². The molecule has 0 fully saturated rings. The van der Waals surface area contributed by atoms with Crippen molar-refractivity contribution < 1.29 is 4.79 Å². The number of aromatic nitrogens is 4. The summed E-state index contributed by atoms with van der Waals surface area (Å²) in [6.07, 6.45) is 7.34. The Morgan fingerprint density at radius 1 is 1.21 bits per heavy atom. The average Bonchev–Trinajstić information content (AvgIpc) is 3.31. The van der Waals surface area contributed by atoms with Crippen molar-refractivity contribution in [1.29, 1.82) is 0 Å². The van der Waals surface area contributed by atoms with E-state index in [4.69, 9.17) is 0 Å². The number of amides is 1. The third-order valence-electron chi connectivity index (χ3n) is 3.82. The normalized spacial score (nSPS) is 11.0. The Kier molecular flexibility index (Phi) is 3.62. The van der Waals surface area contributed by atoms with Gasteiger partial charge >= 0.3 is 0 Å². The molecule has 1 N–H and O–H groups in total. The molecule has 0 unspecified atom stereocenters. The van der Waals surface area contributed by atoms with Crippen LogP contribution in [-0.4, -0.2) is 25.1 Å². The van der Waals surface area contributed by atoms with Crippen molar-refractivity contribution in [3.63, 3.8) is 0 Å². The minimum absolute atomic E-state index is 0.0726. The second-order valence-electron chi connectivity index (χ2n) is 5.41. The van der Waals surface area contributed by atoms with E-state index >= 15 is 0 Å². The Morgan fingerprint density at radius 3 is 2.96 bits per heavy atom. The summed E-state index contributed by atoms with van der Waals surface area (Å²) >= 11 is 1.46. The molecule has 6 nitrogen and oxygen atoms in total. The lowest BCUT2D eigenvalue weighted by Crippen LogP contribution is -2.21. The van der Waals surface area contributed by atoms with Gasteiger partial charge in [0, 0.05) is 38.4 Å². The molecule has 0 aromatic carbocycles. The molecule has 0 saturated heterocycles. The number of carbonyl (C=O) groups excluding carboxylic acids is 1. The topological polar surface area (TPSA) is 64.2 Å². The maximum Gasteiger partial charge on any atom is 0.261 e. The molecule has 0 aliphatic rings. The molecule has 24 heavy (non-hydrogen) atoms. The van der Waals surface area contributed by atoms with Crippen LogP contribution in [0.4, 0.5) is 0 Å². The van der Waals surface area contributed by atoms with Crippen LogP contribution in [0.25, 0.3) is 16.2 Å². The molecule has 120 valence electrons. The molecule has 4 heterocycles. The Labute approximate surface area is 142 Å². The maximum atomic E-state index is 12.4. The molecular weight excluding hydrogens is 322 g/mol. The van der Waals surface area contributed by atoms with E-state index in [2.05, 4.69) is 15.4 Å². The molecule has 0 atom stereocenters. The molecule has 7 heteroatoms. The summed E-state index contributed by atoms with van der Waals surface area (Å²) in [7, 11) is 1.89. The summed E-state index contributed by atoms with van der Waals surface area (Å²) < 4.78 is 3.73. The first-order valence-corrected chi connectivity index (χ1v) is 8.30. The molecule has 0 bridgehead atoms. The minimum Gasteiger partial charge on any atom is -0.347 e. The van der Waals surface area contributed by atoms with Gasteiger partial charge < -0.3 is 9.72 Å². The predicted octanol–water partition coefficient (Wildman–Crippen LogP) is 2.73. The van der Waals surface area contributed by atoms with Crippen LogP contribution in [0.5, 0.6) is 0 Å². The molecule has 1 amide bonds. The standard InChI is InChI=1S/C17H15N5OS/c1-21-13(4-6-20-21)14-2-3-15(24-14)17(23)19-11-12-5-8-22-9-7-18-16(22)10-12/h2-10H,11H2,1H3,(H,19,23). The van der Waals surface area contributed by atoms with E-state index in [1.54, 1.807) is 17.1 Å². The van der Waals surface area contributed by atoms with Crippen LogP contribution in [0.15, 0.2) is 55.1 Å². The van der Waals surface area contributed by atoms with Crippen molar-refractivity contribution in [3.05, 3.63) is 65.6 Å². The summed E-state index contributed by atoms with van der Waals surface area (Å²) in [6.45, 7) is 0.473. The van der Waals surface area contributed by atoms with Gasteiger partial charge in [-0.2, -0.15) is 5.10 Å². The fraction of sp³-hybridized carbons (Fsp3) is 0.118. The van der Waals surface area contributed by atoms with Gasteiger partial charge in [0.2, 0.25) is 0 Å². The maximum absolute atomic E-state index is 12.4. The number of carbonyl (C=O) groups is 1. The van der Waals surface area contributed by atoms with Crippen LogP contribution in [0.2, 0.25) is 0 Å². The van der Waals surface area contributed by atoms with Crippen LogP contribution in [-0.2, 0) is 13.6 Å². The van der Waals surface area contributed by atoms with E-state index in [1.807, 2.05) is 54.2 Å². The number of fused-ring (bicyclic) bond motifs is 1. The fourth-order valence-electron chi connectivity index (χ4n) is 2.54.